The molecule has 0 saturated carbocycles. The van der Waals surface area contributed by atoms with E-state index >= 15 is 0 Å². The fraction of sp³-hybridized carbons (Fsp3) is 0.500. The average molecular weight is 296 g/mol. The molecule has 1 aliphatic heterocycles. The van der Waals surface area contributed by atoms with Crippen LogP contribution in [0, 0.1) is 0 Å². The van der Waals surface area contributed by atoms with Gasteiger partial charge in [0.15, 0.2) is 11.5 Å². The van der Waals surface area contributed by atoms with Crippen molar-refractivity contribution in [2.45, 2.75) is 12.5 Å². The number of methoxy groups -OCH3 is 1. The molecule has 7 heteroatoms. The third-order valence-electron chi connectivity index (χ3n) is 3.05. The minimum atomic E-state index is -0.250. The van der Waals surface area contributed by atoms with Crippen LogP contribution in [0.2, 0.25) is 0 Å². The molecule has 1 heterocycles. The zero-order valence-electron chi connectivity index (χ0n) is 12.0. The SMILES string of the molecule is COC(CN)CC(=O)NCCOc1ccc2c(c1)OCO2. The summed E-state index contributed by atoms with van der Waals surface area (Å²) in [5.41, 5.74) is 5.46. The van der Waals surface area contributed by atoms with Crippen LogP contribution in [0.4, 0.5) is 0 Å². The molecule has 2 rings (SSSR count). The van der Waals surface area contributed by atoms with Gasteiger partial charge in [-0.15, -0.1) is 0 Å². The molecule has 0 spiro atoms. The van der Waals surface area contributed by atoms with Crippen LogP contribution in [0.5, 0.6) is 17.2 Å². The monoisotopic (exact) mass is 296 g/mol. The summed E-state index contributed by atoms with van der Waals surface area (Å²) >= 11 is 0. The Kier molecular flexibility index (Phi) is 5.65. The zero-order chi connectivity index (χ0) is 15.1. The molecule has 1 atom stereocenters. The number of nitrogens with two attached hydrogens (primary N) is 1. The molecule has 21 heavy (non-hydrogen) atoms. The van der Waals surface area contributed by atoms with Crippen LogP contribution in [0.3, 0.4) is 0 Å². The first-order valence-corrected chi connectivity index (χ1v) is 6.75. The van der Waals surface area contributed by atoms with Gasteiger partial charge in [-0.25, -0.2) is 0 Å². The van der Waals surface area contributed by atoms with Crippen molar-refractivity contribution in [3.05, 3.63) is 18.2 Å². The Balaban J connectivity index is 1.66. The van der Waals surface area contributed by atoms with E-state index in [1.807, 2.05) is 0 Å². The van der Waals surface area contributed by atoms with Crippen LogP contribution in [-0.4, -0.2) is 45.6 Å². The van der Waals surface area contributed by atoms with Crippen molar-refractivity contribution in [1.82, 2.24) is 5.32 Å². The predicted octanol–water partition coefficient (Wildman–Crippen LogP) is 0.274. The van der Waals surface area contributed by atoms with Crippen molar-refractivity contribution in [3.63, 3.8) is 0 Å². The highest BCUT2D eigenvalue weighted by atomic mass is 16.7. The second-order valence-electron chi connectivity index (χ2n) is 4.51. The van der Waals surface area contributed by atoms with Crippen LogP contribution < -0.4 is 25.3 Å². The highest BCUT2D eigenvalue weighted by molar-refractivity contribution is 5.76. The topological polar surface area (TPSA) is 92.0 Å². The van der Waals surface area contributed by atoms with Gasteiger partial charge in [-0.3, -0.25) is 4.79 Å². The summed E-state index contributed by atoms with van der Waals surface area (Å²) in [6, 6.07) is 5.35. The molecule has 1 aliphatic rings. The van der Waals surface area contributed by atoms with Crippen LogP contribution in [-0.2, 0) is 9.53 Å². The number of amides is 1. The Bertz CT molecular complexity index is 476. The van der Waals surface area contributed by atoms with E-state index < -0.39 is 0 Å². The maximum absolute atomic E-state index is 11.6. The summed E-state index contributed by atoms with van der Waals surface area (Å²) in [7, 11) is 1.54. The summed E-state index contributed by atoms with van der Waals surface area (Å²) in [6.07, 6.45) is -0.00316. The standard InChI is InChI=1S/C14H20N2O5/c1-18-11(8-15)7-14(17)16-4-5-19-10-2-3-12-13(6-10)21-9-20-12/h2-3,6,11H,4-5,7-9,15H2,1H3,(H,16,17). The largest absolute Gasteiger partial charge is 0.492 e. The van der Waals surface area contributed by atoms with Gasteiger partial charge in [0.2, 0.25) is 12.7 Å². The van der Waals surface area contributed by atoms with Gasteiger partial charge < -0.3 is 30.0 Å². The van der Waals surface area contributed by atoms with Crippen molar-refractivity contribution in [2.24, 2.45) is 5.73 Å². The van der Waals surface area contributed by atoms with E-state index in [4.69, 9.17) is 24.7 Å². The molecule has 0 aromatic heterocycles. The number of ether oxygens (including phenoxy) is 4. The third-order valence-corrected chi connectivity index (χ3v) is 3.05. The Morgan fingerprint density at radius 2 is 2.24 bits per heavy atom. The predicted molar refractivity (Wildman–Crippen MR) is 75.5 cm³/mol. The van der Waals surface area contributed by atoms with E-state index in [9.17, 15) is 4.79 Å². The fourth-order valence-electron chi connectivity index (χ4n) is 1.87. The molecule has 0 fully saturated rings. The first-order valence-electron chi connectivity index (χ1n) is 6.75. The number of rotatable bonds is 8. The number of carbonyl (C=O) groups excluding carboxylic acids is 1. The number of carbonyl (C=O) groups is 1. The molecule has 1 aromatic carbocycles. The first kappa shape index (κ1) is 15.4. The smallest absolute Gasteiger partial charge is 0.231 e. The highest BCUT2D eigenvalue weighted by Crippen LogP contribution is 2.34. The fourth-order valence-corrected chi connectivity index (χ4v) is 1.87. The van der Waals surface area contributed by atoms with Crippen LogP contribution >= 0.6 is 0 Å². The Morgan fingerprint density at radius 1 is 1.43 bits per heavy atom. The molecular weight excluding hydrogens is 276 g/mol. The van der Waals surface area contributed by atoms with Crippen molar-refractivity contribution in [1.29, 1.82) is 0 Å². The lowest BCUT2D eigenvalue weighted by Gasteiger charge is -2.13. The van der Waals surface area contributed by atoms with E-state index in [0.29, 0.717) is 36.9 Å². The molecule has 116 valence electrons. The minimum Gasteiger partial charge on any atom is -0.492 e. The van der Waals surface area contributed by atoms with E-state index in [1.54, 1.807) is 18.2 Å². The summed E-state index contributed by atoms with van der Waals surface area (Å²) < 4.78 is 21.0. The second-order valence-corrected chi connectivity index (χ2v) is 4.51. The number of hydrogen-bond acceptors (Lipinski definition) is 6. The molecule has 7 nitrogen and oxygen atoms in total. The van der Waals surface area contributed by atoms with Gasteiger partial charge in [0.05, 0.1) is 19.1 Å². The third kappa shape index (κ3) is 4.51. The molecular formula is C14H20N2O5. The van der Waals surface area contributed by atoms with Gasteiger partial charge in [-0.1, -0.05) is 0 Å². The summed E-state index contributed by atoms with van der Waals surface area (Å²) in [5, 5.41) is 2.75. The minimum absolute atomic E-state index is 0.110. The van der Waals surface area contributed by atoms with Crippen molar-refractivity contribution in [2.75, 3.05) is 33.6 Å². The Morgan fingerprint density at radius 3 is 3.00 bits per heavy atom. The van der Waals surface area contributed by atoms with Gasteiger partial charge in [0.25, 0.3) is 0 Å². The van der Waals surface area contributed by atoms with Gasteiger partial charge in [0.1, 0.15) is 12.4 Å². The van der Waals surface area contributed by atoms with Crippen molar-refractivity contribution < 1.29 is 23.7 Å². The molecule has 1 unspecified atom stereocenters. The summed E-state index contributed by atoms with van der Waals surface area (Å²) in [6.45, 7) is 1.33. The maximum Gasteiger partial charge on any atom is 0.231 e. The number of hydrogen-bond donors (Lipinski definition) is 2. The van der Waals surface area contributed by atoms with Crippen LogP contribution in [0.15, 0.2) is 18.2 Å². The molecule has 0 aliphatic carbocycles. The first-order chi connectivity index (χ1) is 10.2. The lowest BCUT2D eigenvalue weighted by atomic mass is 10.2. The Hall–Kier alpha value is -1.99. The van der Waals surface area contributed by atoms with E-state index in [-0.39, 0.29) is 25.2 Å². The van der Waals surface area contributed by atoms with Gasteiger partial charge in [0, 0.05) is 19.7 Å². The molecule has 1 aromatic rings. The maximum atomic E-state index is 11.6. The number of fused-ring (bicyclic) bond motifs is 1. The van der Waals surface area contributed by atoms with Crippen LogP contribution in [0.25, 0.3) is 0 Å². The zero-order valence-corrected chi connectivity index (χ0v) is 12.0. The highest BCUT2D eigenvalue weighted by Gasteiger charge is 2.14. The summed E-state index contributed by atoms with van der Waals surface area (Å²) in [5.74, 6) is 1.94. The van der Waals surface area contributed by atoms with Gasteiger partial charge in [-0.05, 0) is 12.1 Å². The summed E-state index contributed by atoms with van der Waals surface area (Å²) in [4.78, 5) is 11.6. The van der Waals surface area contributed by atoms with E-state index in [0.717, 1.165) is 0 Å². The molecule has 0 bridgehead atoms. The van der Waals surface area contributed by atoms with Crippen molar-refractivity contribution in [3.8, 4) is 17.2 Å². The second kappa shape index (κ2) is 7.70. The van der Waals surface area contributed by atoms with Crippen LogP contribution in [0.1, 0.15) is 6.42 Å². The van der Waals surface area contributed by atoms with Gasteiger partial charge in [-0.2, -0.15) is 0 Å². The van der Waals surface area contributed by atoms with Gasteiger partial charge >= 0.3 is 0 Å². The van der Waals surface area contributed by atoms with Crippen molar-refractivity contribution >= 4 is 5.91 Å². The van der Waals surface area contributed by atoms with E-state index in [1.165, 1.54) is 7.11 Å². The van der Waals surface area contributed by atoms with E-state index in [2.05, 4.69) is 5.32 Å². The lowest BCUT2D eigenvalue weighted by molar-refractivity contribution is -0.123. The Labute approximate surface area is 123 Å². The molecule has 0 saturated heterocycles. The lowest BCUT2D eigenvalue weighted by Crippen LogP contribution is -2.34. The molecule has 0 radical (unpaired) electrons. The normalized spacial score (nSPS) is 13.8. The quantitative estimate of drug-likeness (QED) is 0.669. The number of nitrogens with one attached hydrogen (secondary N) is 1. The molecule has 3 N–H and O–H groups in total. The molecule has 1 amide bonds. The average Bonchev–Trinajstić information content (AvgIpc) is 2.96. The number of benzene rings is 1.